The Morgan fingerprint density at radius 1 is 1.11 bits per heavy atom. The number of halogens is 1. The summed E-state index contributed by atoms with van der Waals surface area (Å²) in [7, 11) is 1.39. The molecule has 4 amide bonds. The summed E-state index contributed by atoms with van der Waals surface area (Å²) in [4.78, 5) is 54.0. The average Bonchev–Trinajstić information content (AvgIpc) is 3.38. The molecule has 2 aromatic heterocycles. The largest absolute Gasteiger partial charge is 0.465 e. The van der Waals surface area contributed by atoms with E-state index in [0.717, 1.165) is 57.0 Å². The van der Waals surface area contributed by atoms with Crippen molar-refractivity contribution in [3.05, 3.63) is 72.8 Å². The number of hydrogen-bond donors (Lipinski definition) is 1. The summed E-state index contributed by atoms with van der Waals surface area (Å²) < 4.78 is 7.93. The lowest BCUT2D eigenvalue weighted by Gasteiger charge is -2.27. The van der Waals surface area contributed by atoms with Crippen molar-refractivity contribution in [2.24, 2.45) is 0 Å². The fourth-order valence-electron chi connectivity index (χ4n) is 5.17. The molecule has 5 rings (SSSR count). The van der Waals surface area contributed by atoms with Gasteiger partial charge in [0, 0.05) is 20.7 Å². The van der Waals surface area contributed by atoms with Crippen molar-refractivity contribution >= 4 is 62.8 Å². The van der Waals surface area contributed by atoms with E-state index in [0.29, 0.717) is 22.4 Å². The SMILES string of the molecule is COC(=O)c1c(-n2c(C)cc(/C=C3\C(=O)NC(=O)N(c4ccc(Br)cc4C)C3=O)c2C)sc2c1CCCC2. The number of hydrogen-bond acceptors (Lipinski definition) is 6. The van der Waals surface area contributed by atoms with Crippen molar-refractivity contribution in [2.75, 3.05) is 12.0 Å². The zero-order valence-corrected chi connectivity index (χ0v) is 23.8. The molecule has 3 heterocycles. The fourth-order valence-corrected chi connectivity index (χ4v) is 7.13. The number of carbonyl (C=O) groups is 4. The predicted molar refractivity (Wildman–Crippen MR) is 149 cm³/mol. The molecule has 196 valence electrons. The number of rotatable bonds is 4. The third-order valence-corrected chi connectivity index (χ3v) is 8.79. The number of aryl methyl sites for hydroxylation is 3. The number of aromatic nitrogens is 1. The first-order valence-corrected chi connectivity index (χ1v) is 13.8. The average molecular weight is 597 g/mol. The summed E-state index contributed by atoms with van der Waals surface area (Å²) in [6, 6.07) is 6.26. The number of anilines is 1. The molecule has 1 saturated heterocycles. The van der Waals surface area contributed by atoms with Gasteiger partial charge in [-0.25, -0.2) is 14.5 Å². The van der Waals surface area contributed by atoms with Crippen molar-refractivity contribution in [2.45, 2.75) is 46.5 Å². The van der Waals surface area contributed by atoms with Crippen LogP contribution in [-0.2, 0) is 27.2 Å². The van der Waals surface area contributed by atoms with Crippen LogP contribution in [0.1, 0.15) is 56.2 Å². The Hall–Kier alpha value is -3.50. The first kappa shape index (κ1) is 26.1. The van der Waals surface area contributed by atoms with E-state index in [4.69, 9.17) is 4.74 Å². The Morgan fingerprint density at radius 2 is 1.84 bits per heavy atom. The highest BCUT2D eigenvalue weighted by molar-refractivity contribution is 9.10. The van der Waals surface area contributed by atoms with E-state index in [1.807, 2.05) is 24.5 Å². The van der Waals surface area contributed by atoms with E-state index < -0.39 is 17.8 Å². The van der Waals surface area contributed by atoms with Crippen molar-refractivity contribution in [3.8, 4) is 5.00 Å². The molecule has 1 aromatic carbocycles. The maximum atomic E-state index is 13.5. The number of thiophene rings is 1. The third kappa shape index (κ3) is 4.31. The zero-order valence-electron chi connectivity index (χ0n) is 21.4. The van der Waals surface area contributed by atoms with Crippen LogP contribution in [-0.4, -0.2) is 35.5 Å². The van der Waals surface area contributed by atoms with Gasteiger partial charge in [0.15, 0.2) is 0 Å². The molecule has 1 aliphatic carbocycles. The third-order valence-electron chi connectivity index (χ3n) is 7.02. The molecule has 0 unspecified atom stereocenters. The number of carbonyl (C=O) groups excluding carboxylic acids is 4. The number of amides is 4. The Bertz CT molecular complexity index is 1560. The van der Waals surface area contributed by atoms with Gasteiger partial charge in [0.2, 0.25) is 0 Å². The first-order valence-electron chi connectivity index (χ1n) is 12.2. The molecule has 2 aliphatic rings. The molecule has 0 bridgehead atoms. The number of imide groups is 2. The molecule has 0 spiro atoms. The summed E-state index contributed by atoms with van der Waals surface area (Å²) in [5, 5.41) is 3.07. The second kappa shape index (κ2) is 9.99. The van der Waals surface area contributed by atoms with Gasteiger partial charge in [-0.05, 0) is 93.5 Å². The minimum atomic E-state index is -0.792. The van der Waals surface area contributed by atoms with Crippen molar-refractivity contribution in [1.82, 2.24) is 9.88 Å². The summed E-state index contributed by atoms with van der Waals surface area (Å²) >= 11 is 4.98. The molecular weight excluding hydrogens is 570 g/mol. The number of esters is 1. The molecule has 0 radical (unpaired) electrons. The molecule has 3 aromatic rings. The molecule has 1 N–H and O–H groups in total. The van der Waals surface area contributed by atoms with Crippen molar-refractivity contribution < 1.29 is 23.9 Å². The topological polar surface area (TPSA) is 97.7 Å². The zero-order chi connectivity index (χ0) is 27.3. The predicted octanol–water partition coefficient (Wildman–Crippen LogP) is 5.56. The van der Waals surface area contributed by atoms with Crippen LogP contribution in [0.25, 0.3) is 11.1 Å². The standard InChI is InChI=1S/C28H26BrN3O5S/c1-14-11-18(29)9-10-21(14)32-25(34)20(24(33)30-28(32)36)13-17-12-15(2)31(16(17)3)26-23(27(35)37-4)19-7-5-6-8-22(19)38-26/h9-13H,5-8H2,1-4H3,(H,30,33,36)/b20-13+. The Kier molecular flexibility index (Phi) is 6.87. The number of urea groups is 1. The second-order valence-electron chi connectivity index (χ2n) is 9.43. The van der Waals surface area contributed by atoms with Gasteiger partial charge in [-0.3, -0.25) is 14.9 Å². The molecule has 8 nitrogen and oxygen atoms in total. The highest BCUT2D eigenvalue weighted by Crippen LogP contribution is 2.39. The highest BCUT2D eigenvalue weighted by atomic mass is 79.9. The minimum Gasteiger partial charge on any atom is -0.465 e. The van der Waals surface area contributed by atoms with Crippen LogP contribution >= 0.6 is 27.3 Å². The van der Waals surface area contributed by atoms with Gasteiger partial charge in [-0.2, -0.15) is 0 Å². The maximum Gasteiger partial charge on any atom is 0.341 e. The number of benzene rings is 1. The number of methoxy groups -OCH3 is 1. The van der Waals surface area contributed by atoms with Crippen molar-refractivity contribution in [3.63, 3.8) is 0 Å². The van der Waals surface area contributed by atoms with Gasteiger partial charge < -0.3 is 9.30 Å². The van der Waals surface area contributed by atoms with E-state index in [1.165, 1.54) is 18.1 Å². The van der Waals surface area contributed by atoms with Crippen LogP contribution in [0.5, 0.6) is 0 Å². The van der Waals surface area contributed by atoms with Gasteiger partial charge in [-0.15, -0.1) is 11.3 Å². The summed E-state index contributed by atoms with van der Waals surface area (Å²) in [5.41, 5.74) is 4.84. The lowest BCUT2D eigenvalue weighted by molar-refractivity contribution is -0.122. The van der Waals surface area contributed by atoms with Crippen LogP contribution in [0.4, 0.5) is 10.5 Å². The molecule has 1 aliphatic heterocycles. The lowest BCUT2D eigenvalue weighted by Crippen LogP contribution is -2.54. The van der Waals surface area contributed by atoms with Crippen LogP contribution in [0.3, 0.4) is 0 Å². The monoisotopic (exact) mass is 595 g/mol. The number of ether oxygens (including phenoxy) is 1. The number of nitrogens with zero attached hydrogens (tertiary/aromatic N) is 2. The molecule has 1 fully saturated rings. The molecule has 0 atom stereocenters. The lowest BCUT2D eigenvalue weighted by atomic mass is 9.95. The summed E-state index contributed by atoms with van der Waals surface area (Å²) in [6.45, 7) is 5.58. The van der Waals surface area contributed by atoms with Crippen LogP contribution < -0.4 is 10.2 Å². The Balaban J connectivity index is 1.60. The summed E-state index contributed by atoms with van der Waals surface area (Å²) in [6.07, 6.45) is 5.38. The fraction of sp³-hybridized carbons (Fsp3) is 0.286. The van der Waals surface area contributed by atoms with Crippen LogP contribution in [0.2, 0.25) is 0 Å². The van der Waals surface area contributed by atoms with Gasteiger partial charge >= 0.3 is 12.0 Å². The van der Waals surface area contributed by atoms with Gasteiger partial charge in [0.1, 0.15) is 10.6 Å². The quantitative estimate of drug-likeness (QED) is 0.242. The Morgan fingerprint density at radius 3 is 2.55 bits per heavy atom. The number of barbiturate groups is 1. The maximum absolute atomic E-state index is 13.5. The number of nitrogens with one attached hydrogen (secondary N) is 1. The molecular formula is C28H26BrN3O5S. The van der Waals surface area contributed by atoms with Crippen molar-refractivity contribution in [1.29, 1.82) is 0 Å². The molecule has 10 heteroatoms. The van der Waals surface area contributed by atoms with Gasteiger partial charge in [-0.1, -0.05) is 15.9 Å². The van der Waals surface area contributed by atoms with Crippen LogP contribution in [0, 0.1) is 20.8 Å². The molecule has 38 heavy (non-hydrogen) atoms. The van der Waals surface area contributed by atoms with E-state index in [2.05, 4.69) is 21.2 Å². The van der Waals surface area contributed by atoms with Gasteiger partial charge in [0.25, 0.3) is 11.8 Å². The van der Waals surface area contributed by atoms with E-state index in [9.17, 15) is 19.2 Å². The van der Waals surface area contributed by atoms with Crippen LogP contribution in [0.15, 0.2) is 34.3 Å². The smallest absolute Gasteiger partial charge is 0.341 e. The minimum absolute atomic E-state index is 0.147. The van der Waals surface area contributed by atoms with Gasteiger partial charge in [0.05, 0.1) is 18.4 Å². The van der Waals surface area contributed by atoms with E-state index in [1.54, 1.807) is 36.5 Å². The van der Waals surface area contributed by atoms with E-state index in [-0.39, 0.29) is 11.5 Å². The number of fused-ring (bicyclic) bond motifs is 1. The second-order valence-corrected chi connectivity index (χ2v) is 11.4. The summed E-state index contributed by atoms with van der Waals surface area (Å²) in [5.74, 6) is -1.82. The molecule has 0 saturated carbocycles. The normalized spacial score (nSPS) is 16.6. The first-order chi connectivity index (χ1) is 18.1. The highest BCUT2D eigenvalue weighted by Gasteiger charge is 2.38. The van der Waals surface area contributed by atoms with E-state index >= 15 is 0 Å². The Labute approximate surface area is 232 Å².